The molecule has 2 aromatic carbocycles. The van der Waals surface area contributed by atoms with Gasteiger partial charge in [-0.1, -0.05) is 24.3 Å². The topological polar surface area (TPSA) is 81.8 Å². The third kappa shape index (κ3) is 3.39. The van der Waals surface area contributed by atoms with Crippen LogP contribution in [-0.4, -0.2) is 17.7 Å². The Morgan fingerprint density at radius 3 is 2.85 bits per heavy atom. The Morgan fingerprint density at radius 2 is 2.11 bits per heavy atom. The van der Waals surface area contributed by atoms with Crippen LogP contribution < -0.4 is 15.2 Å². The normalized spacial score (nSPS) is 20.7. The summed E-state index contributed by atoms with van der Waals surface area (Å²) in [6.07, 6.45) is 1.96. The van der Waals surface area contributed by atoms with E-state index in [9.17, 15) is 4.79 Å². The van der Waals surface area contributed by atoms with Crippen molar-refractivity contribution in [1.82, 2.24) is 0 Å². The zero-order valence-electron chi connectivity index (χ0n) is 15.7. The van der Waals surface area contributed by atoms with Crippen LogP contribution in [0.3, 0.4) is 0 Å². The molecule has 0 amide bonds. The zero-order valence-corrected chi connectivity index (χ0v) is 15.7. The van der Waals surface area contributed by atoms with E-state index in [0.717, 1.165) is 29.9 Å². The van der Waals surface area contributed by atoms with Crippen LogP contribution in [0, 0.1) is 0 Å². The summed E-state index contributed by atoms with van der Waals surface area (Å²) in [7, 11) is 0. The molecule has 5 nitrogen and oxygen atoms in total. The van der Waals surface area contributed by atoms with Crippen LogP contribution in [0.15, 0.2) is 36.4 Å². The number of carboxylic acids is 1. The average molecular weight is 367 g/mol. The highest BCUT2D eigenvalue weighted by molar-refractivity contribution is 5.68. The summed E-state index contributed by atoms with van der Waals surface area (Å²) in [5.74, 6) is 0.583. The second kappa shape index (κ2) is 6.57. The molecule has 27 heavy (non-hydrogen) atoms. The lowest BCUT2D eigenvalue weighted by Gasteiger charge is -2.23. The molecule has 1 heterocycles. The summed E-state index contributed by atoms with van der Waals surface area (Å²) in [6, 6.07) is 12.0. The van der Waals surface area contributed by atoms with Crippen LogP contribution in [0.4, 0.5) is 0 Å². The largest absolute Gasteiger partial charge is 0.492 e. The van der Waals surface area contributed by atoms with Crippen molar-refractivity contribution >= 4 is 5.97 Å². The Kier molecular flexibility index (Phi) is 4.35. The van der Waals surface area contributed by atoms with Gasteiger partial charge in [-0.2, -0.15) is 0 Å². The molecule has 142 valence electrons. The van der Waals surface area contributed by atoms with Crippen molar-refractivity contribution in [2.24, 2.45) is 5.73 Å². The Labute approximate surface area is 159 Å². The molecule has 2 aromatic rings. The molecule has 1 aliphatic heterocycles. The van der Waals surface area contributed by atoms with E-state index in [1.54, 1.807) is 0 Å². The number of nitrogens with two attached hydrogens (primary N) is 1. The Balaban J connectivity index is 1.55. The summed E-state index contributed by atoms with van der Waals surface area (Å²) < 4.78 is 12.0. The van der Waals surface area contributed by atoms with Crippen LogP contribution >= 0.6 is 0 Å². The maximum Gasteiger partial charge on any atom is 0.304 e. The van der Waals surface area contributed by atoms with Gasteiger partial charge < -0.3 is 20.3 Å². The van der Waals surface area contributed by atoms with Crippen molar-refractivity contribution in [1.29, 1.82) is 0 Å². The highest BCUT2D eigenvalue weighted by atomic mass is 16.5. The van der Waals surface area contributed by atoms with Crippen molar-refractivity contribution in [2.75, 3.05) is 6.61 Å². The van der Waals surface area contributed by atoms with Gasteiger partial charge in [0.05, 0.1) is 13.0 Å². The van der Waals surface area contributed by atoms with Crippen molar-refractivity contribution in [3.8, 4) is 11.5 Å². The van der Waals surface area contributed by atoms with E-state index < -0.39 is 5.97 Å². The number of benzene rings is 2. The molecule has 0 fully saturated rings. The van der Waals surface area contributed by atoms with Crippen molar-refractivity contribution in [3.63, 3.8) is 0 Å². The number of hydrogen-bond donors (Lipinski definition) is 2. The standard InChI is InChI=1S/C22H25NO4/c1-22(2,23)18-5-3-4-17-16(18)8-9-19(17)27-14-6-7-15-13(10-21(24)25)12-26-20(15)11-14/h3-7,11,13,19H,8-10,12,23H2,1-2H3,(H,24,25)/t13-,19-/m1/s1. The van der Waals surface area contributed by atoms with Crippen molar-refractivity contribution < 1.29 is 19.4 Å². The third-order valence-corrected chi connectivity index (χ3v) is 5.47. The van der Waals surface area contributed by atoms with Gasteiger partial charge in [0, 0.05) is 23.1 Å². The van der Waals surface area contributed by atoms with Gasteiger partial charge >= 0.3 is 5.97 Å². The molecule has 2 aliphatic rings. The molecule has 0 saturated heterocycles. The molecule has 5 heteroatoms. The SMILES string of the molecule is CC(C)(N)c1cccc2c1CC[C@H]2Oc1ccc2c(c1)OC[C@H]2CC(=O)O. The first-order valence-corrected chi connectivity index (χ1v) is 9.39. The second-order valence-corrected chi connectivity index (χ2v) is 8.05. The van der Waals surface area contributed by atoms with E-state index in [2.05, 4.69) is 12.1 Å². The Morgan fingerprint density at radius 1 is 1.30 bits per heavy atom. The minimum absolute atomic E-state index is 0.00318. The van der Waals surface area contributed by atoms with Crippen LogP contribution in [0.5, 0.6) is 11.5 Å². The predicted molar refractivity (Wildman–Crippen MR) is 102 cm³/mol. The Bertz CT molecular complexity index is 884. The first-order valence-electron chi connectivity index (χ1n) is 9.39. The van der Waals surface area contributed by atoms with E-state index in [-0.39, 0.29) is 24.0 Å². The molecule has 1 aliphatic carbocycles. The highest BCUT2D eigenvalue weighted by Crippen LogP contribution is 2.42. The molecular formula is C22H25NO4. The maximum absolute atomic E-state index is 11.0. The number of hydrogen-bond acceptors (Lipinski definition) is 4. The fourth-order valence-electron chi connectivity index (χ4n) is 4.22. The van der Waals surface area contributed by atoms with Gasteiger partial charge in [0.1, 0.15) is 17.6 Å². The van der Waals surface area contributed by atoms with E-state index in [1.165, 1.54) is 16.7 Å². The van der Waals surface area contributed by atoms with Gasteiger partial charge in [0.15, 0.2) is 0 Å². The lowest BCUT2D eigenvalue weighted by molar-refractivity contribution is -0.137. The molecule has 3 N–H and O–H groups in total. The smallest absolute Gasteiger partial charge is 0.304 e. The fraction of sp³-hybridized carbons (Fsp3) is 0.409. The van der Waals surface area contributed by atoms with Gasteiger partial charge in [-0.3, -0.25) is 4.79 Å². The third-order valence-electron chi connectivity index (χ3n) is 5.47. The van der Waals surface area contributed by atoms with Crippen molar-refractivity contribution in [3.05, 3.63) is 58.7 Å². The first kappa shape index (κ1) is 17.9. The van der Waals surface area contributed by atoms with Crippen LogP contribution in [-0.2, 0) is 16.8 Å². The summed E-state index contributed by atoms with van der Waals surface area (Å²) >= 11 is 0. The van der Waals surface area contributed by atoms with E-state index in [1.807, 2.05) is 38.1 Å². The molecule has 0 radical (unpaired) electrons. The predicted octanol–water partition coefficient (Wildman–Crippen LogP) is 3.90. The first-order chi connectivity index (χ1) is 12.8. The zero-order chi connectivity index (χ0) is 19.2. The lowest BCUT2D eigenvalue weighted by atomic mass is 9.89. The molecule has 0 unspecified atom stereocenters. The summed E-state index contributed by atoms with van der Waals surface area (Å²) in [5.41, 5.74) is 10.6. The van der Waals surface area contributed by atoms with Crippen LogP contribution in [0.25, 0.3) is 0 Å². The highest BCUT2D eigenvalue weighted by Gasteiger charge is 2.31. The molecule has 0 bridgehead atoms. The van der Waals surface area contributed by atoms with E-state index in [0.29, 0.717) is 6.61 Å². The van der Waals surface area contributed by atoms with Gasteiger partial charge in [-0.15, -0.1) is 0 Å². The van der Waals surface area contributed by atoms with Gasteiger partial charge in [0.25, 0.3) is 0 Å². The molecule has 2 atom stereocenters. The van der Waals surface area contributed by atoms with Crippen LogP contribution in [0.1, 0.15) is 61.0 Å². The summed E-state index contributed by atoms with van der Waals surface area (Å²) in [6.45, 7) is 4.47. The van der Waals surface area contributed by atoms with Crippen LogP contribution in [0.2, 0.25) is 0 Å². The van der Waals surface area contributed by atoms with Gasteiger partial charge in [-0.25, -0.2) is 0 Å². The van der Waals surface area contributed by atoms with Gasteiger partial charge in [0.2, 0.25) is 0 Å². The Hall–Kier alpha value is -2.53. The molecule has 0 spiro atoms. The monoisotopic (exact) mass is 367 g/mol. The summed E-state index contributed by atoms with van der Waals surface area (Å²) in [4.78, 5) is 11.0. The lowest BCUT2D eigenvalue weighted by Crippen LogP contribution is -2.30. The minimum atomic E-state index is -0.807. The minimum Gasteiger partial charge on any atom is -0.492 e. The fourth-order valence-corrected chi connectivity index (χ4v) is 4.22. The second-order valence-electron chi connectivity index (χ2n) is 8.05. The van der Waals surface area contributed by atoms with Gasteiger partial charge in [-0.05, 0) is 49.4 Å². The molecule has 4 rings (SSSR count). The quantitative estimate of drug-likeness (QED) is 0.838. The number of rotatable bonds is 5. The average Bonchev–Trinajstić information content (AvgIpc) is 3.18. The van der Waals surface area contributed by atoms with E-state index in [4.69, 9.17) is 20.3 Å². The maximum atomic E-state index is 11.0. The summed E-state index contributed by atoms with van der Waals surface area (Å²) in [5, 5.41) is 9.03. The molecular weight excluding hydrogens is 342 g/mol. The number of carboxylic acid groups (broad SMARTS) is 1. The number of ether oxygens (including phenoxy) is 2. The van der Waals surface area contributed by atoms with E-state index >= 15 is 0 Å². The molecule has 0 aromatic heterocycles. The number of aliphatic carboxylic acids is 1. The molecule has 0 saturated carbocycles. The number of fused-ring (bicyclic) bond motifs is 2. The van der Waals surface area contributed by atoms with Crippen molar-refractivity contribution in [2.45, 2.75) is 50.7 Å². The number of carbonyl (C=O) groups is 1.